The number of carbonyl (C=O) groups is 4. The van der Waals surface area contributed by atoms with Gasteiger partial charge in [0.05, 0.1) is 52.9 Å². The minimum atomic E-state index is -0.985. The molecule has 0 aliphatic carbocycles. The molecule has 0 bridgehead atoms. The lowest BCUT2D eigenvalue weighted by Crippen LogP contribution is -2.42. The number of nitrogens with two attached hydrogens (primary N) is 1. The van der Waals surface area contributed by atoms with E-state index in [0.29, 0.717) is 59.3 Å². The molecule has 0 spiro atoms. The standard InChI is InChI=1S/C41H79N3O9/c1-3-5-7-9-11-13-15-17-19-21-29-52-40(47)26-23-37(41(48)53-30-22-20-18-16-14-12-10-8-6-4-2)44-39(46)25-24-38(45)43-28-32-50-34-36-51-35-33-49-31-27-42/h37H,3-36,42H2,1-2H3,(H,43,45)(H,44,46)/t37-/m1/s1. The van der Waals surface area contributed by atoms with Crippen LogP contribution in [0.2, 0.25) is 0 Å². The van der Waals surface area contributed by atoms with Crippen molar-refractivity contribution in [2.24, 2.45) is 5.73 Å². The van der Waals surface area contributed by atoms with Gasteiger partial charge >= 0.3 is 11.9 Å². The first-order valence-corrected chi connectivity index (χ1v) is 21.3. The average Bonchev–Trinajstić information content (AvgIpc) is 3.15. The minimum absolute atomic E-state index is 0.0103. The number of ether oxygens (including phenoxy) is 5. The average molecular weight is 758 g/mol. The van der Waals surface area contributed by atoms with Crippen LogP contribution in [0.3, 0.4) is 0 Å². The van der Waals surface area contributed by atoms with E-state index in [4.69, 9.17) is 29.4 Å². The highest BCUT2D eigenvalue weighted by atomic mass is 16.5. The fourth-order valence-corrected chi connectivity index (χ4v) is 5.69. The predicted molar refractivity (Wildman–Crippen MR) is 211 cm³/mol. The first-order chi connectivity index (χ1) is 25.9. The van der Waals surface area contributed by atoms with E-state index in [2.05, 4.69) is 24.5 Å². The van der Waals surface area contributed by atoms with Crippen LogP contribution < -0.4 is 16.4 Å². The van der Waals surface area contributed by atoms with E-state index in [9.17, 15) is 19.2 Å². The maximum atomic E-state index is 13.0. The summed E-state index contributed by atoms with van der Waals surface area (Å²) in [4.78, 5) is 50.5. The lowest BCUT2D eigenvalue weighted by atomic mass is 10.1. The molecule has 0 aromatic carbocycles. The predicted octanol–water partition coefficient (Wildman–Crippen LogP) is 7.08. The van der Waals surface area contributed by atoms with E-state index in [-0.39, 0.29) is 38.2 Å². The first-order valence-electron chi connectivity index (χ1n) is 21.3. The van der Waals surface area contributed by atoms with Crippen molar-refractivity contribution in [3.05, 3.63) is 0 Å². The van der Waals surface area contributed by atoms with Gasteiger partial charge in [0, 0.05) is 32.4 Å². The van der Waals surface area contributed by atoms with Gasteiger partial charge in [0.25, 0.3) is 0 Å². The zero-order valence-corrected chi connectivity index (χ0v) is 33.9. The van der Waals surface area contributed by atoms with Crippen LogP contribution in [0.15, 0.2) is 0 Å². The van der Waals surface area contributed by atoms with Crippen LogP contribution in [0.1, 0.15) is 168 Å². The number of amides is 2. The Labute approximate surface area is 322 Å². The summed E-state index contributed by atoms with van der Waals surface area (Å²) in [5.74, 6) is -1.71. The SMILES string of the molecule is CCCCCCCCCCCCOC(=O)CC[C@@H](NC(=O)CCC(=O)NCCOCCOCCOCCN)C(=O)OCCCCCCCCCCCC. The van der Waals surface area contributed by atoms with Gasteiger partial charge in [-0.05, 0) is 19.3 Å². The number of nitrogens with one attached hydrogen (secondary N) is 2. The molecule has 0 heterocycles. The number of unbranched alkanes of at least 4 members (excludes halogenated alkanes) is 18. The van der Waals surface area contributed by atoms with E-state index < -0.39 is 23.9 Å². The number of hydrogen-bond acceptors (Lipinski definition) is 10. The highest BCUT2D eigenvalue weighted by molar-refractivity contribution is 5.87. The number of rotatable bonds is 41. The van der Waals surface area contributed by atoms with E-state index in [1.54, 1.807) is 0 Å². The van der Waals surface area contributed by atoms with Gasteiger partial charge in [-0.15, -0.1) is 0 Å². The van der Waals surface area contributed by atoms with Gasteiger partial charge in [-0.1, -0.05) is 129 Å². The zero-order valence-electron chi connectivity index (χ0n) is 33.9. The van der Waals surface area contributed by atoms with Crippen molar-refractivity contribution in [3.63, 3.8) is 0 Å². The van der Waals surface area contributed by atoms with Crippen molar-refractivity contribution < 1.29 is 42.9 Å². The van der Waals surface area contributed by atoms with E-state index >= 15 is 0 Å². The Balaban J connectivity index is 4.44. The molecule has 312 valence electrons. The van der Waals surface area contributed by atoms with Crippen molar-refractivity contribution in [1.29, 1.82) is 0 Å². The molecule has 0 aromatic heterocycles. The number of hydrogen-bond donors (Lipinski definition) is 3. The fraction of sp³-hybridized carbons (Fsp3) is 0.902. The molecule has 0 saturated carbocycles. The second-order valence-corrected chi connectivity index (χ2v) is 13.9. The molecular formula is C41H79N3O9. The third kappa shape index (κ3) is 37.8. The van der Waals surface area contributed by atoms with E-state index in [0.717, 1.165) is 38.5 Å². The molecule has 53 heavy (non-hydrogen) atoms. The van der Waals surface area contributed by atoms with Gasteiger partial charge < -0.3 is 40.1 Å². The molecule has 0 aliphatic rings. The molecule has 0 rings (SSSR count). The van der Waals surface area contributed by atoms with Gasteiger partial charge in [0.15, 0.2) is 0 Å². The molecule has 0 radical (unpaired) electrons. The summed E-state index contributed by atoms with van der Waals surface area (Å²) < 4.78 is 27.0. The summed E-state index contributed by atoms with van der Waals surface area (Å²) in [6.07, 6.45) is 23.6. The molecule has 12 heteroatoms. The van der Waals surface area contributed by atoms with Gasteiger partial charge in [-0.2, -0.15) is 0 Å². The van der Waals surface area contributed by atoms with Crippen molar-refractivity contribution >= 4 is 23.8 Å². The maximum absolute atomic E-state index is 13.0. The zero-order chi connectivity index (χ0) is 38.9. The second kappa shape index (κ2) is 40.9. The maximum Gasteiger partial charge on any atom is 0.328 e. The van der Waals surface area contributed by atoms with Crippen molar-refractivity contribution in [2.75, 3.05) is 65.9 Å². The topological polar surface area (TPSA) is 165 Å². The van der Waals surface area contributed by atoms with Crippen molar-refractivity contribution in [3.8, 4) is 0 Å². The van der Waals surface area contributed by atoms with Crippen LogP contribution in [0.5, 0.6) is 0 Å². The quantitative estimate of drug-likeness (QED) is 0.0434. The summed E-state index contributed by atoms with van der Waals surface area (Å²) in [7, 11) is 0. The molecule has 0 fully saturated rings. The number of esters is 2. The van der Waals surface area contributed by atoms with Crippen LogP contribution in [0.4, 0.5) is 0 Å². The number of carbonyl (C=O) groups excluding carboxylic acids is 4. The Bertz CT molecular complexity index is 863. The Morgan fingerprint density at radius 3 is 1.43 bits per heavy atom. The Hall–Kier alpha value is -2.28. The van der Waals surface area contributed by atoms with Gasteiger partial charge in [-0.25, -0.2) is 4.79 Å². The van der Waals surface area contributed by atoms with Crippen LogP contribution in [-0.4, -0.2) is 95.7 Å². The summed E-state index contributed by atoms with van der Waals surface area (Å²) in [5.41, 5.74) is 5.35. The van der Waals surface area contributed by atoms with Gasteiger partial charge in [0.1, 0.15) is 6.04 Å². The van der Waals surface area contributed by atoms with Crippen molar-refractivity contribution in [1.82, 2.24) is 10.6 Å². The summed E-state index contributed by atoms with van der Waals surface area (Å²) in [6, 6.07) is -0.985. The molecule has 4 N–H and O–H groups in total. The van der Waals surface area contributed by atoms with Crippen LogP contribution in [0, 0.1) is 0 Å². The highest BCUT2D eigenvalue weighted by Crippen LogP contribution is 2.12. The molecule has 0 unspecified atom stereocenters. The van der Waals surface area contributed by atoms with Crippen LogP contribution in [-0.2, 0) is 42.9 Å². The Morgan fingerprint density at radius 1 is 0.491 bits per heavy atom. The largest absolute Gasteiger partial charge is 0.466 e. The van der Waals surface area contributed by atoms with Gasteiger partial charge in [-0.3, -0.25) is 14.4 Å². The summed E-state index contributed by atoms with van der Waals surface area (Å²) in [6.45, 7) is 8.42. The van der Waals surface area contributed by atoms with Gasteiger partial charge in [0.2, 0.25) is 11.8 Å². The monoisotopic (exact) mass is 758 g/mol. The fourth-order valence-electron chi connectivity index (χ4n) is 5.69. The van der Waals surface area contributed by atoms with Crippen molar-refractivity contribution in [2.45, 2.75) is 174 Å². The molecule has 2 amide bonds. The summed E-state index contributed by atoms with van der Waals surface area (Å²) >= 11 is 0. The van der Waals surface area contributed by atoms with E-state index in [1.807, 2.05) is 0 Å². The summed E-state index contributed by atoms with van der Waals surface area (Å²) in [5, 5.41) is 5.41. The Kier molecular flexibility index (Phi) is 39.1. The molecular weight excluding hydrogens is 678 g/mol. The van der Waals surface area contributed by atoms with Crippen LogP contribution >= 0.6 is 0 Å². The first kappa shape index (κ1) is 50.7. The normalized spacial score (nSPS) is 11.7. The molecule has 1 atom stereocenters. The van der Waals surface area contributed by atoms with E-state index in [1.165, 1.54) is 89.9 Å². The third-order valence-electron chi connectivity index (χ3n) is 8.91. The third-order valence-corrected chi connectivity index (χ3v) is 8.91. The second-order valence-electron chi connectivity index (χ2n) is 13.9. The molecule has 12 nitrogen and oxygen atoms in total. The smallest absolute Gasteiger partial charge is 0.328 e. The molecule has 0 saturated heterocycles. The Morgan fingerprint density at radius 2 is 0.925 bits per heavy atom. The highest BCUT2D eigenvalue weighted by Gasteiger charge is 2.24. The van der Waals surface area contributed by atoms with Crippen LogP contribution in [0.25, 0.3) is 0 Å². The minimum Gasteiger partial charge on any atom is -0.466 e. The molecule has 0 aromatic rings. The molecule has 0 aliphatic heterocycles. The lowest BCUT2D eigenvalue weighted by Gasteiger charge is -2.17. The lowest BCUT2D eigenvalue weighted by molar-refractivity contribution is -0.149.